The summed E-state index contributed by atoms with van der Waals surface area (Å²) >= 11 is 0. The summed E-state index contributed by atoms with van der Waals surface area (Å²) in [6.07, 6.45) is 3.43. The molecule has 30 heavy (non-hydrogen) atoms. The van der Waals surface area contributed by atoms with Crippen LogP contribution in [0.15, 0.2) is 42.6 Å². The van der Waals surface area contributed by atoms with Crippen molar-refractivity contribution in [3.8, 4) is 0 Å². The van der Waals surface area contributed by atoms with E-state index in [-0.39, 0.29) is 30.2 Å². The number of hydrogen-bond donors (Lipinski definition) is 3. The van der Waals surface area contributed by atoms with Crippen molar-refractivity contribution in [2.24, 2.45) is 5.92 Å². The molecule has 1 aliphatic carbocycles. The maximum Gasteiger partial charge on any atom is 0.269 e. The van der Waals surface area contributed by atoms with Gasteiger partial charge in [0.25, 0.3) is 11.8 Å². The Morgan fingerprint density at radius 2 is 2.03 bits per heavy atom. The number of aliphatic hydroxyl groups excluding tert-OH is 1. The quantitative estimate of drug-likeness (QED) is 0.560. The van der Waals surface area contributed by atoms with Gasteiger partial charge < -0.3 is 20.3 Å². The van der Waals surface area contributed by atoms with Crippen LogP contribution in [-0.4, -0.2) is 46.2 Å². The van der Waals surface area contributed by atoms with Gasteiger partial charge in [0.2, 0.25) is 0 Å². The van der Waals surface area contributed by atoms with Gasteiger partial charge in [0.15, 0.2) is 0 Å². The molecule has 0 radical (unpaired) electrons. The number of carbonyl (C=O) groups is 2. The first-order chi connectivity index (χ1) is 14.5. The minimum absolute atomic E-state index is 0.0713. The topological polar surface area (TPSA) is 96.2 Å². The highest BCUT2D eigenvalue weighted by atomic mass is 16.3. The molecule has 1 fully saturated rings. The van der Waals surface area contributed by atoms with E-state index in [1.807, 2.05) is 35.0 Å². The Morgan fingerprint density at radius 1 is 1.23 bits per heavy atom. The van der Waals surface area contributed by atoms with Crippen LogP contribution in [0.4, 0.5) is 0 Å². The van der Waals surface area contributed by atoms with Crippen LogP contribution in [0.5, 0.6) is 0 Å². The molecule has 0 bridgehead atoms. The van der Waals surface area contributed by atoms with Gasteiger partial charge >= 0.3 is 0 Å². The lowest BCUT2D eigenvalue weighted by molar-refractivity contribution is 0.0949. The monoisotopic (exact) mass is 406 g/mol. The van der Waals surface area contributed by atoms with E-state index in [4.69, 9.17) is 0 Å². The molecule has 7 nitrogen and oxygen atoms in total. The fourth-order valence-electron chi connectivity index (χ4n) is 3.77. The number of hydrogen-bond acceptors (Lipinski definition) is 4. The van der Waals surface area contributed by atoms with Crippen LogP contribution < -0.4 is 10.6 Å². The van der Waals surface area contributed by atoms with Gasteiger partial charge in [0, 0.05) is 54.4 Å². The zero-order valence-electron chi connectivity index (χ0n) is 17.2. The molecule has 0 aliphatic heterocycles. The van der Waals surface area contributed by atoms with Crippen molar-refractivity contribution in [1.82, 2.24) is 20.2 Å². The third-order valence-electron chi connectivity index (χ3n) is 5.64. The highest BCUT2D eigenvalue weighted by Crippen LogP contribution is 2.29. The molecule has 4 rings (SSSR count). The van der Waals surface area contributed by atoms with E-state index in [1.165, 1.54) is 0 Å². The second-order valence-electron chi connectivity index (χ2n) is 7.86. The molecular weight excluding hydrogens is 380 g/mol. The number of aliphatic hydroxyl groups is 1. The Kier molecular flexibility index (Phi) is 5.55. The lowest BCUT2D eigenvalue weighted by atomic mass is 10.0. The first-order valence-electron chi connectivity index (χ1n) is 10.2. The van der Waals surface area contributed by atoms with Crippen molar-refractivity contribution >= 4 is 22.7 Å². The van der Waals surface area contributed by atoms with Gasteiger partial charge in [-0.05, 0) is 42.2 Å². The maximum atomic E-state index is 12.7. The lowest BCUT2D eigenvalue weighted by Crippen LogP contribution is -2.28. The molecule has 2 heterocycles. The summed E-state index contributed by atoms with van der Waals surface area (Å²) in [5, 5.41) is 15.9. The number of pyridine rings is 1. The third-order valence-corrected chi connectivity index (χ3v) is 5.64. The van der Waals surface area contributed by atoms with Crippen LogP contribution in [0.1, 0.15) is 45.4 Å². The van der Waals surface area contributed by atoms with Crippen molar-refractivity contribution in [2.45, 2.75) is 32.4 Å². The standard InChI is InChI=1S/C23H26N4O3/c1-14-10-19(14)26-22(29)16-12-17(25-20(13-16)23(30)24-2)11-15-4-3-5-21-18(15)6-7-27(21)8-9-28/h3-7,12-14,19,28H,8-11H2,1-2H3,(H,24,30)(H,26,29)/t14-,19-/m0/s1. The van der Waals surface area contributed by atoms with E-state index in [2.05, 4.69) is 22.5 Å². The van der Waals surface area contributed by atoms with Gasteiger partial charge in [-0.3, -0.25) is 9.59 Å². The molecule has 7 heteroatoms. The largest absolute Gasteiger partial charge is 0.395 e. The van der Waals surface area contributed by atoms with Gasteiger partial charge in [-0.15, -0.1) is 0 Å². The summed E-state index contributed by atoms with van der Waals surface area (Å²) in [6, 6.07) is 11.5. The molecular formula is C23H26N4O3. The molecule has 1 aliphatic rings. The van der Waals surface area contributed by atoms with E-state index < -0.39 is 0 Å². The van der Waals surface area contributed by atoms with E-state index in [0.29, 0.717) is 30.1 Å². The van der Waals surface area contributed by atoms with Crippen LogP contribution in [-0.2, 0) is 13.0 Å². The van der Waals surface area contributed by atoms with E-state index >= 15 is 0 Å². The Bertz CT molecular complexity index is 1110. The molecule has 0 unspecified atom stereocenters. The number of aromatic nitrogens is 2. The van der Waals surface area contributed by atoms with E-state index in [9.17, 15) is 14.7 Å². The number of amides is 2. The fourth-order valence-corrected chi connectivity index (χ4v) is 3.77. The lowest BCUT2D eigenvalue weighted by Gasteiger charge is -2.10. The van der Waals surface area contributed by atoms with Crippen LogP contribution in [0, 0.1) is 5.92 Å². The number of fused-ring (bicyclic) bond motifs is 1. The molecule has 3 aromatic rings. The molecule has 1 saturated carbocycles. The molecule has 2 aromatic heterocycles. The van der Waals surface area contributed by atoms with Crippen molar-refractivity contribution < 1.29 is 14.7 Å². The second-order valence-corrected chi connectivity index (χ2v) is 7.86. The predicted octanol–water partition coefficient (Wildman–Crippen LogP) is 2.12. The minimum Gasteiger partial charge on any atom is -0.395 e. The highest BCUT2D eigenvalue weighted by Gasteiger charge is 2.34. The average molecular weight is 406 g/mol. The smallest absolute Gasteiger partial charge is 0.269 e. The molecule has 0 spiro atoms. The van der Waals surface area contributed by atoms with Gasteiger partial charge in [-0.25, -0.2) is 4.98 Å². The Labute approximate surface area is 175 Å². The normalized spacial score (nSPS) is 17.7. The first-order valence-corrected chi connectivity index (χ1v) is 10.2. The van der Waals surface area contributed by atoms with Crippen molar-refractivity contribution in [1.29, 1.82) is 0 Å². The summed E-state index contributed by atoms with van der Waals surface area (Å²) in [7, 11) is 1.55. The van der Waals surface area contributed by atoms with Gasteiger partial charge in [0.05, 0.1) is 6.61 Å². The fraction of sp³-hybridized carbons (Fsp3) is 0.348. The zero-order valence-corrected chi connectivity index (χ0v) is 17.2. The molecule has 0 saturated heterocycles. The summed E-state index contributed by atoms with van der Waals surface area (Å²) < 4.78 is 2.00. The zero-order chi connectivity index (χ0) is 21.3. The Balaban J connectivity index is 1.68. The summed E-state index contributed by atoms with van der Waals surface area (Å²) in [5.74, 6) is -0.00214. The summed E-state index contributed by atoms with van der Waals surface area (Å²) in [4.78, 5) is 29.4. The molecule has 3 N–H and O–H groups in total. The SMILES string of the molecule is CNC(=O)c1cc(C(=O)N[C@H]2C[C@@H]2C)cc(Cc2cccc3c2ccn3CCO)n1. The van der Waals surface area contributed by atoms with Gasteiger partial charge in [-0.2, -0.15) is 0 Å². The number of benzene rings is 1. The van der Waals surface area contributed by atoms with Crippen LogP contribution in [0.3, 0.4) is 0 Å². The van der Waals surface area contributed by atoms with Crippen LogP contribution in [0.25, 0.3) is 10.9 Å². The molecule has 2 amide bonds. The van der Waals surface area contributed by atoms with E-state index in [1.54, 1.807) is 19.2 Å². The number of nitrogens with one attached hydrogen (secondary N) is 2. The first kappa shape index (κ1) is 20.1. The summed E-state index contributed by atoms with van der Waals surface area (Å²) in [6.45, 7) is 2.70. The van der Waals surface area contributed by atoms with Crippen molar-refractivity contribution in [3.63, 3.8) is 0 Å². The van der Waals surface area contributed by atoms with Crippen LogP contribution >= 0.6 is 0 Å². The Hall–Kier alpha value is -3.19. The van der Waals surface area contributed by atoms with Gasteiger partial charge in [-0.1, -0.05) is 19.1 Å². The Morgan fingerprint density at radius 3 is 2.73 bits per heavy atom. The number of nitrogens with zero attached hydrogens (tertiary/aromatic N) is 2. The maximum absolute atomic E-state index is 12.7. The molecule has 1 aromatic carbocycles. The van der Waals surface area contributed by atoms with Crippen molar-refractivity contribution in [2.75, 3.05) is 13.7 Å². The van der Waals surface area contributed by atoms with Crippen LogP contribution in [0.2, 0.25) is 0 Å². The van der Waals surface area contributed by atoms with E-state index in [0.717, 1.165) is 22.9 Å². The second kappa shape index (κ2) is 8.28. The number of rotatable bonds is 7. The third kappa shape index (κ3) is 4.07. The molecule has 156 valence electrons. The molecule has 2 atom stereocenters. The highest BCUT2D eigenvalue weighted by molar-refractivity contribution is 5.99. The minimum atomic E-state index is -0.321. The average Bonchev–Trinajstić information content (AvgIpc) is 3.28. The summed E-state index contributed by atoms with van der Waals surface area (Å²) in [5.41, 5.74) is 3.42. The predicted molar refractivity (Wildman–Crippen MR) is 114 cm³/mol. The number of carbonyl (C=O) groups excluding carboxylic acids is 2. The van der Waals surface area contributed by atoms with Gasteiger partial charge in [0.1, 0.15) is 5.69 Å². The van der Waals surface area contributed by atoms with Crippen molar-refractivity contribution in [3.05, 3.63) is 65.1 Å².